The standard InChI is InChI=1S/C15H18O2/c1-13(7-5-6-10-15(16)17)11-12-14-8-3-2-4-9-14/h2-4,6,8-13H,5,7H2,1H3,(H,16,17). The maximum Gasteiger partial charge on any atom is 0.327 e. The lowest BCUT2D eigenvalue weighted by Gasteiger charge is -2.02. The average Bonchev–Trinajstić information content (AvgIpc) is 2.33. The van der Waals surface area contributed by atoms with Gasteiger partial charge in [-0.05, 0) is 24.3 Å². The van der Waals surface area contributed by atoms with E-state index in [2.05, 4.69) is 31.2 Å². The van der Waals surface area contributed by atoms with E-state index in [1.807, 2.05) is 18.2 Å². The molecule has 90 valence electrons. The molecule has 0 aliphatic carbocycles. The number of carboxylic acid groups (broad SMARTS) is 1. The summed E-state index contributed by atoms with van der Waals surface area (Å²) in [4.78, 5) is 10.3. The zero-order valence-electron chi connectivity index (χ0n) is 10.0. The number of allylic oxidation sites excluding steroid dienone is 2. The maximum absolute atomic E-state index is 10.3. The van der Waals surface area contributed by atoms with Gasteiger partial charge >= 0.3 is 5.97 Å². The summed E-state index contributed by atoms with van der Waals surface area (Å²) < 4.78 is 0. The molecule has 1 atom stereocenters. The van der Waals surface area contributed by atoms with Gasteiger partial charge in [0, 0.05) is 6.08 Å². The quantitative estimate of drug-likeness (QED) is 0.755. The van der Waals surface area contributed by atoms with Crippen molar-refractivity contribution >= 4 is 12.0 Å². The first kappa shape index (κ1) is 13.2. The molecule has 1 unspecified atom stereocenters. The molecule has 1 rings (SSSR count). The molecular formula is C15H18O2. The zero-order valence-corrected chi connectivity index (χ0v) is 10.0. The molecule has 0 amide bonds. The average molecular weight is 230 g/mol. The molecule has 1 aromatic carbocycles. The third kappa shape index (κ3) is 6.36. The fraction of sp³-hybridized carbons (Fsp3) is 0.267. The normalized spacial score (nSPS) is 13.2. The van der Waals surface area contributed by atoms with E-state index in [0.717, 1.165) is 12.8 Å². The fourth-order valence-electron chi connectivity index (χ4n) is 1.48. The highest BCUT2D eigenvalue weighted by molar-refractivity contribution is 5.79. The van der Waals surface area contributed by atoms with Crippen LogP contribution >= 0.6 is 0 Å². The molecule has 0 aromatic heterocycles. The van der Waals surface area contributed by atoms with Crippen LogP contribution in [-0.2, 0) is 4.79 Å². The Labute approximate surface area is 102 Å². The molecule has 0 aliphatic rings. The van der Waals surface area contributed by atoms with Crippen LogP contribution in [-0.4, -0.2) is 11.1 Å². The second-order valence-corrected chi connectivity index (χ2v) is 4.07. The predicted octanol–water partition coefficient (Wildman–Crippen LogP) is 3.76. The molecule has 0 fully saturated rings. The summed E-state index contributed by atoms with van der Waals surface area (Å²) in [5.41, 5.74) is 1.19. The van der Waals surface area contributed by atoms with E-state index in [0.29, 0.717) is 5.92 Å². The Hall–Kier alpha value is -1.83. The van der Waals surface area contributed by atoms with Gasteiger partial charge in [0.2, 0.25) is 0 Å². The van der Waals surface area contributed by atoms with Crippen molar-refractivity contribution in [2.75, 3.05) is 0 Å². The minimum atomic E-state index is -0.877. The molecule has 1 N–H and O–H groups in total. The van der Waals surface area contributed by atoms with E-state index in [-0.39, 0.29) is 0 Å². The van der Waals surface area contributed by atoms with Crippen molar-refractivity contribution in [2.45, 2.75) is 19.8 Å². The first-order valence-electron chi connectivity index (χ1n) is 5.81. The molecule has 0 spiro atoms. The molecule has 1 aromatic rings. The molecule has 17 heavy (non-hydrogen) atoms. The first-order valence-corrected chi connectivity index (χ1v) is 5.81. The monoisotopic (exact) mass is 230 g/mol. The Morgan fingerprint density at radius 2 is 2.06 bits per heavy atom. The van der Waals surface area contributed by atoms with E-state index in [1.54, 1.807) is 6.08 Å². The first-order chi connectivity index (χ1) is 8.18. The van der Waals surface area contributed by atoms with Crippen molar-refractivity contribution in [1.29, 1.82) is 0 Å². The van der Waals surface area contributed by atoms with Crippen molar-refractivity contribution in [3.63, 3.8) is 0 Å². The van der Waals surface area contributed by atoms with Crippen LogP contribution < -0.4 is 0 Å². The number of aliphatic carboxylic acids is 1. The molecule has 0 saturated carbocycles. The number of rotatable bonds is 6. The molecule has 0 radical (unpaired) electrons. The zero-order chi connectivity index (χ0) is 12.5. The van der Waals surface area contributed by atoms with Gasteiger partial charge in [-0.15, -0.1) is 0 Å². The molecular weight excluding hydrogens is 212 g/mol. The van der Waals surface area contributed by atoms with Gasteiger partial charge in [-0.2, -0.15) is 0 Å². The SMILES string of the molecule is CC(C=Cc1ccccc1)CCC=CC(=O)O. The third-order valence-corrected chi connectivity index (χ3v) is 2.47. The van der Waals surface area contributed by atoms with Gasteiger partial charge < -0.3 is 5.11 Å². The second kappa shape index (κ2) is 7.44. The smallest absolute Gasteiger partial charge is 0.327 e. The minimum Gasteiger partial charge on any atom is -0.478 e. The number of carboxylic acids is 1. The number of carbonyl (C=O) groups is 1. The summed E-state index contributed by atoms with van der Waals surface area (Å²) in [6.07, 6.45) is 8.93. The highest BCUT2D eigenvalue weighted by Crippen LogP contribution is 2.10. The van der Waals surface area contributed by atoms with E-state index in [4.69, 9.17) is 5.11 Å². The summed E-state index contributed by atoms with van der Waals surface area (Å²) >= 11 is 0. The van der Waals surface area contributed by atoms with Crippen molar-refractivity contribution in [3.05, 3.63) is 54.1 Å². The Bertz CT molecular complexity index is 391. The van der Waals surface area contributed by atoms with Gasteiger partial charge in [0.25, 0.3) is 0 Å². The van der Waals surface area contributed by atoms with Crippen LogP contribution in [0.3, 0.4) is 0 Å². The minimum absolute atomic E-state index is 0.452. The van der Waals surface area contributed by atoms with Crippen LogP contribution in [0.4, 0.5) is 0 Å². The summed E-state index contributed by atoms with van der Waals surface area (Å²) in [5, 5.41) is 8.43. The van der Waals surface area contributed by atoms with Crippen LogP contribution in [0.2, 0.25) is 0 Å². The molecule has 0 saturated heterocycles. The van der Waals surface area contributed by atoms with Gasteiger partial charge in [-0.25, -0.2) is 4.79 Å². The molecule has 0 bridgehead atoms. The Morgan fingerprint density at radius 1 is 1.35 bits per heavy atom. The van der Waals surface area contributed by atoms with Crippen LogP contribution in [0.15, 0.2) is 48.6 Å². The summed E-state index contributed by atoms with van der Waals surface area (Å²) in [5.74, 6) is -0.425. The lowest BCUT2D eigenvalue weighted by Crippen LogP contribution is -1.89. The Balaban J connectivity index is 2.32. The lowest BCUT2D eigenvalue weighted by molar-refractivity contribution is -0.131. The lowest BCUT2D eigenvalue weighted by atomic mass is 10.0. The van der Waals surface area contributed by atoms with E-state index < -0.39 is 5.97 Å². The second-order valence-electron chi connectivity index (χ2n) is 4.07. The van der Waals surface area contributed by atoms with Crippen molar-refractivity contribution in [1.82, 2.24) is 0 Å². The highest BCUT2D eigenvalue weighted by Gasteiger charge is 1.95. The highest BCUT2D eigenvalue weighted by atomic mass is 16.4. The van der Waals surface area contributed by atoms with Crippen LogP contribution in [0.1, 0.15) is 25.3 Å². The van der Waals surface area contributed by atoms with Crippen LogP contribution in [0, 0.1) is 5.92 Å². The van der Waals surface area contributed by atoms with Gasteiger partial charge in [0.15, 0.2) is 0 Å². The molecule has 2 heteroatoms. The van der Waals surface area contributed by atoms with E-state index in [9.17, 15) is 4.79 Å². The third-order valence-electron chi connectivity index (χ3n) is 2.47. The number of hydrogen-bond acceptors (Lipinski definition) is 1. The molecule has 0 heterocycles. The number of benzene rings is 1. The summed E-state index contributed by atoms with van der Waals surface area (Å²) in [6.45, 7) is 2.13. The number of hydrogen-bond donors (Lipinski definition) is 1. The fourth-order valence-corrected chi connectivity index (χ4v) is 1.48. The van der Waals surface area contributed by atoms with Crippen LogP contribution in [0.5, 0.6) is 0 Å². The largest absolute Gasteiger partial charge is 0.478 e. The van der Waals surface area contributed by atoms with Crippen molar-refractivity contribution in [2.24, 2.45) is 5.92 Å². The van der Waals surface area contributed by atoms with Gasteiger partial charge in [-0.3, -0.25) is 0 Å². The van der Waals surface area contributed by atoms with E-state index in [1.165, 1.54) is 11.6 Å². The maximum atomic E-state index is 10.3. The Kier molecular flexibility index (Phi) is 5.80. The Morgan fingerprint density at radius 3 is 2.71 bits per heavy atom. The summed E-state index contributed by atoms with van der Waals surface area (Å²) in [7, 11) is 0. The van der Waals surface area contributed by atoms with Gasteiger partial charge in [-0.1, -0.05) is 55.5 Å². The van der Waals surface area contributed by atoms with E-state index >= 15 is 0 Å². The van der Waals surface area contributed by atoms with Crippen molar-refractivity contribution < 1.29 is 9.90 Å². The predicted molar refractivity (Wildman–Crippen MR) is 70.6 cm³/mol. The van der Waals surface area contributed by atoms with Crippen molar-refractivity contribution in [3.8, 4) is 0 Å². The summed E-state index contributed by atoms with van der Waals surface area (Å²) in [6, 6.07) is 10.2. The van der Waals surface area contributed by atoms with Gasteiger partial charge in [0.05, 0.1) is 0 Å². The molecule has 0 aliphatic heterocycles. The van der Waals surface area contributed by atoms with Gasteiger partial charge in [0.1, 0.15) is 0 Å². The van der Waals surface area contributed by atoms with Crippen LogP contribution in [0.25, 0.3) is 6.08 Å². The molecule has 2 nitrogen and oxygen atoms in total. The topological polar surface area (TPSA) is 37.3 Å².